The maximum Gasteiger partial charge on any atom is 0.260 e. The van der Waals surface area contributed by atoms with E-state index in [-0.39, 0.29) is 12.5 Å². The lowest BCUT2D eigenvalue weighted by Crippen LogP contribution is -2.32. The predicted molar refractivity (Wildman–Crippen MR) is 112 cm³/mol. The normalized spacial score (nSPS) is 13.6. The lowest BCUT2D eigenvalue weighted by Gasteiger charge is -2.17. The molecule has 0 bridgehead atoms. The molecule has 0 unspecified atom stereocenters. The van der Waals surface area contributed by atoms with E-state index >= 15 is 0 Å². The molecule has 3 aromatic rings. The highest BCUT2D eigenvalue weighted by molar-refractivity contribution is 5.78. The van der Waals surface area contributed by atoms with E-state index in [2.05, 4.69) is 22.5 Å². The maximum absolute atomic E-state index is 12.3. The van der Waals surface area contributed by atoms with Gasteiger partial charge in [0.2, 0.25) is 0 Å². The van der Waals surface area contributed by atoms with Gasteiger partial charge in [0.25, 0.3) is 5.91 Å². The molecule has 1 aromatic heterocycles. The van der Waals surface area contributed by atoms with Crippen LogP contribution in [0.25, 0.3) is 5.69 Å². The molecule has 1 aliphatic rings. The van der Waals surface area contributed by atoms with Gasteiger partial charge in [0.05, 0.1) is 5.69 Å². The molecule has 4 rings (SSSR count). The first-order valence-corrected chi connectivity index (χ1v) is 10.1. The molecule has 6 nitrogen and oxygen atoms in total. The average molecular weight is 390 g/mol. The zero-order valence-corrected chi connectivity index (χ0v) is 16.5. The minimum absolute atomic E-state index is 0.0680. The molecule has 1 fully saturated rings. The van der Waals surface area contributed by atoms with Gasteiger partial charge in [0.15, 0.2) is 6.61 Å². The Morgan fingerprint density at radius 2 is 1.69 bits per heavy atom. The van der Waals surface area contributed by atoms with Crippen LogP contribution in [0.2, 0.25) is 0 Å². The summed E-state index contributed by atoms with van der Waals surface area (Å²) in [5.41, 5.74) is 3.27. The van der Waals surface area contributed by atoms with Crippen molar-refractivity contribution in [2.24, 2.45) is 0 Å². The van der Waals surface area contributed by atoms with Gasteiger partial charge in [-0.2, -0.15) is 5.10 Å². The second kappa shape index (κ2) is 9.39. The number of amides is 1. The number of likely N-dealkylation sites (tertiary alicyclic amines) is 1. The Labute approximate surface area is 171 Å². The largest absolute Gasteiger partial charge is 0.483 e. The van der Waals surface area contributed by atoms with E-state index in [1.165, 1.54) is 5.56 Å². The van der Waals surface area contributed by atoms with Gasteiger partial charge in [0.1, 0.15) is 5.75 Å². The van der Waals surface area contributed by atoms with Crippen LogP contribution in [0.3, 0.4) is 0 Å². The molecule has 1 aliphatic heterocycles. The minimum atomic E-state index is 0.0680. The van der Waals surface area contributed by atoms with Crippen LogP contribution < -0.4 is 10.1 Å². The fourth-order valence-electron chi connectivity index (χ4n) is 3.61. The molecule has 0 saturated carbocycles. The van der Waals surface area contributed by atoms with Crippen LogP contribution in [0, 0.1) is 0 Å². The van der Waals surface area contributed by atoms with Crippen molar-refractivity contribution in [2.45, 2.75) is 25.9 Å². The van der Waals surface area contributed by atoms with Crippen molar-refractivity contribution < 1.29 is 9.53 Å². The lowest BCUT2D eigenvalue weighted by molar-refractivity contribution is -0.132. The highest BCUT2D eigenvalue weighted by Crippen LogP contribution is 2.19. The van der Waals surface area contributed by atoms with Crippen LogP contribution in [0.5, 0.6) is 5.75 Å². The fraction of sp³-hybridized carbons (Fsp3) is 0.304. The molecule has 0 spiro atoms. The third-order valence-electron chi connectivity index (χ3n) is 5.16. The molecule has 0 aliphatic carbocycles. The highest BCUT2D eigenvalue weighted by atomic mass is 16.5. The monoisotopic (exact) mass is 390 g/mol. The van der Waals surface area contributed by atoms with Crippen LogP contribution in [0.4, 0.5) is 0 Å². The second-order valence-corrected chi connectivity index (χ2v) is 7.17. The Balaban J connectivity index is 1.35. The summed E-state index contributed by atoms with van der Waals surface area (Å²) >= 11 is 0. The number of benzene rings is 2. The van der Waals surface area contributed by atoms with Crippen molar-refractivity contribution in [3.63, 3.8) is 0 Å². The zero-order valence-electron chi connectivity index (χ0n) is 16.5. The Bertz CT molecular complexity index is 934. The van der Waals surface area contributed by atoms with E-state index < -0.39 is 0 Å². The number of para-hydroxylation sites is 2. The maximum atomic E-state index is 12.3. The summed E-state index contributed by atoms with van der Waals surface area (Å²) in [4.78, 5) is 14.1. The number of aromatic nitrogens is 2. The smallest absolute Gasteiger partial charge is 0.260 e. The summed E-state index contributed by atoms with van der Waals surface area (Å²) in [5, 5.41) is 7.82. The number of nitrogens with zero attached hydrogens (tertiary/aromatic N) is 3. The van der Waals surface area contributed by atoms with E-state index in [0.29, 0.717) is 13.1 Å². The number of hydrogen-bond donors (Lipinski definition) is 1. The zero-order chi connectivity index (χ0) is 19.9. The van der Waals surface area contributed by atoms with E-state index in [4.69, 9.17) is 4.74 Å². The van der Waals surface area contributed by atoms with Crippen molar-refractivity contribution in [1.82, 2.24) is 20.0 Å². The molecule has 150 valence electrons. The summed E-state index contributed by atoms with van der Waals surface area (Å²) in [7, 11) is 0. The quantitative estimate of drug-likeness (QED) is 0.642. The molecule has 0 atom stereocenters. The summed E-state index contributed by atoms with van der Waals surface area (Å²) in [6, 6.07) is 18.0. The van der Waals surface area contributed by atoms with E-state index in [9.17, 15) is 4.79 Å². The van der Waals surface area contributed by atoms with Gasteiger partial charge in [-0.05, 0) is 36.6 Å². The number of nitrogens with one attached hydrogen (secondary N) is 1. The summed E-state index contributed by atoms with van der Waals surface area (Å²) in [6.45, 7) is 3.15. The van der Waals surface area contributed by atoms with Gasteiger partial charge >= 0.3 is 0 Å². The van der Waals surface area contributed by atoms with E-state index in [0.717, 1.165) is 42.9 Å². The molecular formula is C23H26N4O2. The van der Waals surface area contributed by atoms with Gasteiger partial charge in [-0.3, -0.25) is 4.79 Å². The molecule has 1 amide bonds. The van der Waals surface area contributed by atoms with Crippen LogP contribution in [-0.4, -0.2) is 40.3 Å². The third-order valence-corrected chi connectivity index (χ3v) is 5.16. The molecule has 6 heteroatoms. The van der Waals surface area contributed by atoms with Gasteiger partial charge < -0.3 is 15.0 Å². The molecule has 2 heterocycles. The molecule has 1 N–H and O–H groups in total. The van der Waals surface area contributed by atoms with E-state index in [1.54, 1.807) is 6.20 Å². The predicted octanol–water partition coefficient (Wildman–Crippen LogP) is 3.16. The van der Waals surface area contributed by atoms with Crippen molar-refractivity contribution >= 4 is 5.91 Å². The summed E-state index contributed by atoms with van der Waals surface area (Å²) in [6.07, 6.45) is 5.90. The van der Waals surface area contributed by atoms with Crippen molar-refractivity contribution in [1.29, 1.82) is 0 Å². The topological polar surface area (TPSA) is 59.4 Å². The average Bonchev–Trinajstić information content (AvgIpc) is 3.47. The molecular weight excluding hydrogens is 364 g/mol. The van der Waals surface area contributed by atoms with Crippen molar-refractivity contribution in [3.8, 4) is 11.4 Å². The first kappa shape index (κ1) is 19.2. The Morgan fingerprint density at radius 1 is 0.966 bits per heavy atom. The third kappa shape index (κ3) is 4.84. The second-order valence-electron chi connectivity index (χ2n) is 7.17. The van der Waals surface area contributed by atoms with Crippen LogP contribution >= 0.6 is 0 Å². The Kier molecular flexibility index (Phi) is 6.22. The van der Waals surface area contributed by atoms with Crippen LogP contribution in [0.1, 0.15) is 24.0 Å². The summed E-state index contributed by atoms with van der Waals surface area (Å²) < 4.78 is 7.72. The van der Waals surface area contributed by atoms with Crippen molar-refractivity contribution in [2.75, 3.05) is 19.7 Å². The highest BCUT2D eigenvalue weighted by Gasteiger charge is 2.18. The van der Waals surface area contributed by atoms with Gasteiger partial charge in [0, 0.05) is 44.1 Å². The van der Waals surface area contributed by atoms with Gasteiger partial charge in [-0.15, -0.1) is 0 Å². The first-order chi connectivity index (χ1) is 14.3. The van der Waals surface area contributed by atoms with Crippen LogP contribution in [0.15, 0.2) is 67.0 Å². The number of hydrogen-bond acceptors (Lipinski definition) is 4. The summed E-state index contributed by atoms with van der Waals surface area (Å²) in [5.74, 6) is 0.825. The number of carbonyl (C=O) groups is 1. The van der Waals surface area contributed by atoms with Gasteiger partial charge in [-0.25, -0.2) is 4.68 Å². The molecule has 2 aromatic carbocycles. The number of carbonyl (C=O) groups excluding carboxylic acids is 1. The minimum Gasteiger partial charge on any atom is -0.483 e. The van der Waals surface area contributed by atoms with Gasteiger partial charge in [-0.1, -0.05) is 36.4 Å². The van der Waals surface area contributed by atoms with Crippen LogP contribution in [-0.2, 0) is 17.9 Å². The number of rotatable bonds is 8. The SMILES string of the molecule is O=C(COc1ccccc1CNCc1ccccc1-n1cccn1)N1CCCC1. The van der Waals surface area contributed by atoms with Crippen molar-refractivity contribution in [3.05, 3.63) is 78.1 Å². The molecule has 29 heavy (non-hydrogen) atoms. The molecule has 0 radical (unpaired) electrons. The standard InChI is InChI=1S/C23H26N4O2/c28-23(26-13-5-6-14-26)18-29-22-11-4-2-9-20(22)17-24-16-19-8-1-3-10-21(19)27-15-7-12-25-27/h1-4,7-12,15,24H,5-6,13-14,16-18H2. The van der Waals surface area contributed by atoms with E-state index in [1.807, 2.05) is 58.2 Å². The Hall–Kier alpha value is -3.12. The Morgan fingerprint density at radius 3 is 2.48 bits per heavy atom. The lowest BCUT2D eigenvalue weighted by atomic mass is 10.1. The number of ether oxygens (including phenoxy) is 1. The molecule has 1 saturated heterocycles. The fourth-order valence-corrected chi connectivity index (χ4v) is 3.61. The first-order valence-electron chi connectivity index (χ1n) is 10.1.